The highest BCUT2D eigenvalue weighted by Crippen LogP contribution is 2.21. The smallest absolute Gasteiger partial charge is 0.243 e. The third-order valence-corrected chi connectivity index (χ3v) is 6.82. The van der Waals surface area contributed by atoms with Crippen LogP contribution in [0.4, 0.5) is 15.8 Å². The van der Waals surface area contributed by atoms with E-state index in [2.05, 4.69) is 24.5 Å². The maximum atomic E-state index is 14.1. The van der Waals surface area contributed by atoms with E-state index < -0.39 is 6.04 Å². The molecule has 1 atom stereocenters. The molecule has 0 unspecified atom stereocenters. The second-order valence-electron chi connectivity index (χ2n) is 9.64. The molecule has 0 saturated carbocycles. The molecular weight excluding hydrogens is 461 g/mol. The first-order valence-electron chi connectivity index (χ1n) is 12.5. The minimum absolute atomic E-state index is 0.107. The van der Waals surface area contributed by atoms with Crippen molar-refractivity contribution in [2.24, 2.45) is 0 Å². The summed E-state index contributed by atoms with van der Waals surface area (Å²) in [6.45, 7) is 7.52. The molecule has 192 valence electrons. The molecule has 2 fully saturated rings. The summed E-state index contributed by atoms with van der Waals surface area (Å²) in [6.07, 6.45) is -0.107. The summed E-state index contributed by atoms with van der Waals surface area (Å²) in [5.74, 6) is -0.667. The predicted octanol–water partition coefficient (Wildman–Crippen LogP) is 2.43. The number of hydrogen-bond donors (Lipinski definition) is 2. The minimum Gasteiger partial charge on any atom is -0.367 e. The van der Waals surface area contributed by atoms with Gasteiger partial charge in [-0.15, -0.1) is 0 Å². The Kier molecular flexibility index (Phi) is 8.20. The van der Waals surface area contributed by atoms with Gasteiger partial charge in [-0.2, -0.15) is 0 Å². The van der Waals surface area contributed by atoms with Crippen LogP contribution in [0, 0.1) is 5.82 Å². The Labute approximate surface area is 211 Å². The number of piperazine rings is 2. The zero-order valence-electron chi connectivity index (χ0n) is 20.9. The van der Waals surface area contributed by atoms with Gasteiger partial charge in [0.15, 0.2) is 0 Å². The second kappa shape index (κ2) is 11.5. The lowest BCUT2D eigenvalue weighted by Crippen LogP contribution is -2.60. The molecule has 36 heavy (non-hydrogen) atoms. The molecule has 9 heteroatoms. The summed E-state index contributed by atoms with van der Waals surface area (Å²) in [7, 11) is 0. The van der Waals surface area contributed by atoms with Gasteiger partial charge in [0.2, 0.25) is 17.7 Å². The number of para-hydroxylation sites is 1. The Morgan fingerprint density at radius 1 is 1.03 bits per heavy atom. The maximum absolute atomic E-state index is 14.1. The highest BCUT2D eigenvalue weighted by Gasteiger charge is 2.35. The van der Waals surface area contributed by atoms with Gasteiger partial charge < -0.3 is 20.4 Å². The Balaban J connectivity index is 1.32. The van der Waals surface area contributed by atoms with Crippen molar-refractivity contribution >= 4 is 29.1 Å². The Morgan fingerprint density at radius 3 is 2.39 bits per heavy atom. The van der Waals surface area contributed by atoms with E-state index in [1.165, 1.54) is 16.5 Å². The average molecular weight is 496 g/mol. The topological polar surface area (TPSA) is 85.0 Å². The standard InChI is InChI=1S/C27H34FN5O3/c1-19(2)20-7-9-21(10-8-20)30-25(34)17-24-27(36)29-11-12-33(24)26(35)18-31-13-15-32(16-14-31)23-6-4-3-5-22(23)28/h3-10,19,24H,11-18H2,1-2H3,(H,29,36)(H,30,34)/t24-/m0/s1. The van der Waals surface area contributed by atoms with E-state index in [4.69, 9.17) is 0 Å². The molecule has 0 spiro atoms. The van der Waals surface area contributed by atoms with E-state index in [9.17, 15) is 18.8 Å². The van der Waals surface area contributed by atoms with Crippen molar-refractivity contribution in [3.05, 3.63) is 59.9 Å². The normalized spacial score (nSPS) is 18.8. The number of nitrogens with one attached hydrogen (secondary N) is 2. The Bertz CT molecular complexity index is 1080. The van der Waals surface area contributed by atoms with Crippen molar-refractivity contribution < 1.29 is 18.8 Å². The molecule has 0 radical (unpaired) electrons. The van der Waals surface area contributed by atoms with Crippen molar-refractivity contribution in [2.75, 3.05) is 56.0 Å². The van der Waals surface area contributed by atoms with Crippen LogP contribution in [0.1, 0.15) is 31.7 Å². The fourth-order valence-electron chi connectivity index (χ4n) is 4.69. The molecule has 2 aromatic carbocycles. The van der Waals surface area contributed by atoms with E-state index in [1.807, 2.05) is 40.1 Å². The van der Waals surface area contributed by atoms with Gasteiger partial charge >= 0.3 is 0 Å². The largest absolute Gasteiger partial charge is 0.367 e. The highest BCUT2D eigenvalue weighted by atomic mass is 19.1. The molecule has 0 aromatic heterocycles. The van der Waals surface area contributed by atoms with Gasteiger partial charge in [0.1, 0.15) is 11.9 Å². The van der Waals surface area contributed by atoms with Crippen LogP contribution in [-0.4, -0.2) is 79.4 Å². The van der Waals surface area contributed by atoms with Crippen LogP contribution in [0.25, 0.3) is 0 Å². The molecule has 8 nitrogen and oxygen atoms in total. The first-order valence-corrected chi connectivity index (χ1v) is 12.5. The molecule has 2 heterocycles. The third-order valence-electron chi connectivity index (χ3n) is 6.82. The van der Waals surface area contributed by atoms with Gasteiger partial charge in [0.05, 0.1) is 18.7 Å². The van der Waals surface area contributed by atoms with Crippen LogP contribution in [0.5, 0.6) is 0 Å². The summed E-state index contributed by atoms with van der Waals surface area (Å²) in [5, 5.41) is 5.61. The highest BCUT2D eigenvalue weighted by molar-refractivity contribution is 5.97. The van der Waals surface area contributed by atoms with Crippen molar-refractivity contribution in [1.29, 1.82) is 0 Å². The number of benzene rings is 2. The van der Waals surface area contributed by atoms with Gasteiger partial charge in [0, 0.05) is 45.0 Å². The van der Waals surface area contributed by atoms with Gasteiger partial charge in [0.25, 0.3) is 0 Å². The summed E-state index contributed by atoms with van der Waals surface area (Å²) in [6, 6.07) is 13.5. The number of nitrogens with zero attached hydrogens (tertiary/aromatic N) is 3. The third kappa shape index (κ3) is 6.20. The quantitative estimate of drug-likeness (QED) is 0.617. The lowest BCUT2D eigenvalue weighted by atomic mass is 10.0. The predicted molar refractivity (Wildman–Crippen MR) is 137 cm³/mol. The Hall–Kier alpha value is -3.46. The molecule has 3 amide bonds. The summed E-state index contributed by atoms with van der Waals surface area (Å²) >= 11 is 0. The van der Waals surface area contributed by atoms with Crippen LogP contribution in [0.15, 0.2) is 48.5 Å². The molecule has 2 aromatic rings. The second-order valence-corrected chi connectivity index (χ2v) is 9.64. The summed E-state index contributed by atoms with van der Waals surface area (Å²) < 4.78 is 14.1. The maximum Gasteiger partial charge on any atom is 0.243 e. The lowest BCUT2D eigenvalue weighted by molar-refractivity contribution is -0.145. The van der Waals surface area contributed by atoms with Gasteiger partial charge in [-0.05, 0) is 35.7 Å². The first-order chi connectivity index (χ1) is 17.3. The zero-order valence-corrected chi connectivity index (χ0v) is 20.9. The molecule has 2 aliphatic rings. The Morgan fingerprint density at radius 2 is 1.72 bits per heavy atom. The number of carbonyl (C=O) groups is 3. The molecule has 2 N–H and O–H groups in total. The van der Waals surface area contributed by atoms with Crippen LogP contribution in [-0.2, 0) is 14.4 Å². The number of hydrogen-bond acceptors (Lipinski definition) is 5. The molecule has 2 saturated heterocycles. The molecule has 4 rings (SSSR count). The fourth-order valence-corrected chi connectivity index (χ4v) is 4.69. The zero-order chi connectivity index (χ0) is 25.7. The van der Waals surface area contributed by atoms with Crippen molar-refractivity contribution in [3.8, 4) is 0 Å². The van der Waals surface area contributed by atoms with E-state index >= 15 is 0 Å². The number of halogens is 1. The lowest BCUT2D eigenvalue weighted by Gasteiger charge is -2.39. The van der Waals surface area contributed by atoms with Gasteiger partial charge in [-0.1, -0.05) is 38.1 Å². The van der Waals surface area contributed by atoms with Crippen LogP contribution >= 0.6 is 0 Å². The number of anilines is 2. The SMILES string of the molecule is CC(C)c1ccc(NC(=O)C[C@H]2C(=O)NCCN2C(=O)CN2CCN(c3ccccc3F)CC2)cc1. The van der Waals surface area contributed by atoms with Crippen molar-refractivity contribution in [3.63, 3.8) is 0 Å². The van der Waals surface area contributed by atoms with Gasteiger partial charge in [-0.25, -0.2) is 4.39 Å². The van der Waals surface area contributed by atoms with Crippen LogP contribution in [0.3, 0.4) is 0 Å². The summed E-state index contributed by atoms with van der Waals surface area (Å²) in [4.78, 5) is 44.0. The summed E-state index contributed by atoms with van der Waals surface area (Å²) in [5.41, 5.74) is 2.40. The van der Waals surface area contributed by atoms with E-state index in [0.717, 1.165) is 0 Å². The van der Waals surface area contributed by atoms with Crippen molar-refractivity contribution in [1.82, 2.24) is 15.1 Å². The van der Waals surface area contributed by atoms with E-state index in [0.29, 0.717) is 56.6 Å². The minimum atomic E-state index is -0.846. The molecule has 2 aliphatic heterocycles. The van der Waals surface area contributed by atoms with Crippen LogP contribution in [0.2, 0.25) is 0 Å². The number of rotatable bonds is 7. The molecule has 0 bridgehead atoms. The molecule has 0 aliphatic carbocycles. The van der Waals surface area contributed by atoms with E-state index in [-0.39, 0.29) is 36.5 Å². The van der Waals surface area contributed by atoms with E-state index in [1.54, 1.807) is 12.1 Å². The average Bonchev–Trinajstić information content (AvgIpc) is 2.86. The van der Waals surface area contributed by atoms with Crippen LogP contribution < -0.4 is 15.5 Å². The monoisotopic (exact) mass is 495 g/mol. The first kappa shape index (κ1) is 25.6. The van der Waals surface area contributed by atoms with Crippen molar-refractivity contribution in [2.45, 2.75) is 32.2 Å². The van der Waals surface area contributed by atoms with Gasteiger partial charge in [-0.3, -0.25) is 19.3 Å². The fraction of sp³-hybridized carbons (Fsp3) is 0.444. The number of carbonyl (C=O) groups excluding carboxylic acids is 3. The molecular formula is C27H34FN5O3. The number of amides is 3.